The van der Waals surface area contributed by atoms with Gasteiger partial charge < -0.3 is 10.2 Å². The first-order valence-electron chi connectivity index (χ1n) is 11.7. The number of fused-ring (bicyclic) bond motifs is 2. The van der Waals surface area contributed by atoms with Gasteiger partial charge in [0.1, 0.15) is 0 Å². The molecule has 2 saturated carbocycles. The van der Waals surface area contributed by atoms with Crippen LogP contribution in [0.15, 0.2) is 60.7 Å². The molecule has 173 valence electrons. The van der Waals surface area contributed by atoms with Crippen LogP contribution in [0.3, 0.4) is 0 Å². The van der Waals surface area contributed by atoms with E-state index in [1.54, 1.807) is 0 Å². The van der Waals surface area contributed by atoms with Gasteiger partial charge in [-0.2, -0.15) is 0 Å². The van der Waals surface area contributed by atoms with Crippen LogP contribution in [0.1, 0.15) is 46.0 Å². The molecule has 2 fully saturated rings. The number of para-hydroxylation sites is 1. The number of hydrogen-bond donors (Lipinski definition) is 2. The number of benzene rings is 2. The summed E-state index contributed by atoms with van der Waals surface area (Å²) < 4.78 is 0. The number of aliphatic hydroxyl groups excluding tert-OH is 2. The maximum Gasteiger partial charge on any atom is 0.0621 e. The molecule has 3 nitrogen and oxygen atoms in total. The SMILES string of the molecule is C[C@@H]1CCC2CCC[C@H](C)C(O)C2C1O.[Ir].[c-]1ccccc1-c1ccc2ccccc2n1. The van der Waals surface area contributed by atoms with Crippen molar-refractivity contribution in [2.45, 2.75) is 58.2 Å². The standard InChI is InChI=1S/C15H10N.C13H24O2.Ir/c1-2-6-12(7-3-1)15-11-10-13-8-4-5-9-14(13)16-15;1-8-4-3-5-10-7-6-9(2)13(15)11(10)12(8)14;/h1-6,8-11H;8-15H,3-7H2,1-2H3;/q-1;;/t;8-,9+,10?,11?,12?,13?;/m.0./s1. The molecule has 0 saturated heterocycles. The zero-order valence-electron chi connectivity index (χ0n) is 18.9. The van der Waals surface area contributed by atoms with Crippen LogP contribution < -0.4 is 0 Å². The van der Waals surface area contributed by atoms with Crippen LogP contribution in [0.4, 0.5) is 0 Å². The summed E-state index contributed by atoms with van der Waals surface area (Å²) in [5.74, 6) is 1.44. The summed E-state index contributed by atoms with van der Waals surface area (Å²) in [6.07, 6.45) is 5.32. The molecule has 6 atom stereocenters. The molecule has 2 aliphatic rings. The van der Waals surface area contributed by atoms with Crippen molar-refractivity contribution in [2.75, 3.05) is 0 Å². The molecule has 0 aliphatic heterocycles. The van der Waals surface area contributed by atoms with Gasteiger partial charge in [0.05, 0.1) is 17.7 Å². The van der Waals surface area contributed by atoms with Gasteiger partial charge in [0.15, 0.2) is 0 Å². The number of pyridine rings is 1. The van der Waals surface area contributed by atoms with Crippen molar-refractivity contribution in [3.8, 4) is 11.3 Å². The van der Waals surface area contributed by atoms with Gasteiger partial charge in [0.2, 0.25) is 0 Å². The summed E-state index contributed by atoms with van der Waals surface area (Å²) in [5, 5.41) is 21.7. The quantitative estimate of drug-likeness (QED) is 0.339. The predicted octanol–water partition coefficient (Wildman–Crippen LogP) is 5.89. The first kappa shape index (κ1) is 25.0. The molecule has 1 heterocycles. The molecule has 32 heavy (non-hydrogen) atoms. The van der Waals surface area contributed by atoms with E-state index < -0.39 is 0 Å². The van der Waals surface area contributed by atoms with E-state index in [4.69, 9.17) is 0 Å². The minimum atomic E-state index is -0.282. The van der Waals surface area contributed by atoms with Crippen molar-refractivity contribution in [3.05, 3.63) is 66.7 Å². The minimum absolute atomic E-state index is 0. The molecule has 1 aromatic heterocycles. The van der Waals surface area contributed by atoms with Gasteiger partial charge in [0.25, 0.3) is 0 Å². The molecule has 0 spiro atoms. The third kappa shape index (κ3) is 5.66. The number of aliphatic hydroxyl groups is 2. The summed E-state index contributed by atoms with van der Waals surface area (Å²) in [7, 11) is 0. The van der Waals surface area contributed by atoms with Gasteiger partial charge in [-0.1, -0.05) is 50.6 Å². The Balaban J connectivity index is 0.000000176. The first-order valence-corrected chi connectivity index (χ1v) is 11.7. The summed E-state index contributed by atoms with van der Waals surface area (Å²) in [5.41, 5.74) is 3.03. The number of rotatable bonds is 1. The summed E-state index contributed by atoms with van der Waals surface area (Å²) in [6, 6.07) is 23.4. The molecule has 0 amide bonds. The Morgan fingerprint density at radius 3 is 2.28 bits per heavy atom. The van der Waals surface area contributed by atoms with Gasteiger partial charge >= 0.3 is 0 Å². The normalized spacial score (nSPS) is 29.6. The molecule has 2 N–H and O–H groups in total. The Labute approximate surface area is 205 Å². The molecule has 2 aromatic carbocycles. The fraction of sp³-hybridized carbons (Fsp3) is 0.464. The van der Waals surface area contributed by atoms with Crippen molar-refractivity contribution in [1.82, 2.24) is 4.98 Å². The van der Waals surface area contributed by atoms with E-state index in [1.807, 2.05) is 48.5 Å². The van der Waals surface area contributed by atoms with E-state index in [9.17, 15) is 10.2 Å². The molecular weight excluding hydrogens is 575 g/mol. The fourth-order valence-electron chi connectivity index (χ4n) is 5.34. The van der Waals surface area contributed by atoms with Crippen LogP contribution in [0, 0.1) is 29.7 Å². The molecule has 2 aliphatic carbocycles. The second-order valence-corrected chi connectivity index (χ2v) is 9.45. The Hall–Kier alpha value is -1.58. The van der Waals surface area contributed by atoms with E-state index in [0.29, 0.717) is 17.8 Å². The van der Waals surface area contributed by atoms with Crippen LogP contribution in [0.5, 0.6) is 0 Å². The number of nitrogens with zero attached hydrogens (tertiary/aromatic N) is 1. The zero-order chi connectivity index (χ0) is 21.8. The number of aromatic nitrogens is 1. The Morgan fingerprint density at radius 2 is 1.53 bits per heavy atom. The van der Waals surface area contributed by atoms with Crippen LogP contribution in [0.2, 0.25) is 0 Å². The second-order valence-electron chi connectivity index (χ2n) is 9.45. The molecule has 3 aromatic rings. The Kier molecular flexibility index (Phi) is 9.02. The van der Waals surface area contributed by atoms with E-state index in [2.05, 4.69) is 37.0 Å². The van der Waals surface area contributed by atoms with Crippen LogP contribution in [0.25, 0.3) is 22.2 Å². The Bertz CT molecular complexity index is 975. The first-order chi connectivity index (χ1) is 15.0. The molecular formula is C28H34IrNO2-. The van der Waals surface area contributed by atoms with Crippen molar-refractivity contribution >= 4 is 10.9 Å². The van der Waals surface area contributed by atoms with Crippen molar-refractivity contribution in [2.24, 2.45) is 23.7 Å². The molecule has 1 radical (unpaired) electrons. The van der Waals surface area contributed by atoms with Crippen LogP contribution in [-0.2, 0) is 20.1 Å². The van der Waals surface area contributed by atoms with Crippen LogP contribution >= 0.6 is 0 Å². The van der Waals surface area contributed by atoms with Gasteiger partial charge in [-0.3, -0.25) is 4.98 Å². The van der Waals surface area contributed by atoms with E-state index >= 15 is 0 Å². The summed E-state index contributed by atoms with van der Waals surface area (Å²) in [4.78, 5) is 4.61. The van der Waals surface area contributed by atoms with E-state index in [-0.39, 0.29) is 38.2 Å². The van der Waals surface area contributed by atoms with Crippen molar-refractivity contribution < 1.29 is 30.3 Å². The topological polar surface area (TPSA) is 53.4 Å². The molecule has 4 unspecified atom stereocenters. The average molecular weight is 609 g/mol. The van der Waals surface area contributed by atoms with Crippen molar-refractivity contribution in [3.63, 3.8) is 0 Å². The Morgan fingerprint density at radius 1 is 0.812 bits per heavy atom. The number of hydrogen-bond acceptors (Lipinski definition) is 3. The largest absolute Gasteiger partial charge is 0.392 e. The molecule has 5 rings (SSSR count). The third-order valence-electron chi connectivity index (χ3n) is 7.31. The zero-order valence-corrected chi connectivity index (χ0v) is 21.3. The van der Waals surface area contributed by atoms with E-state index in [1.165, 1.54) is 24.6 Å². The van der Waals surface area contributed by atoms with Gasteiger partial charge in [-0.25, -0.2) is 0 Å². The molecule has 4 heteroatoms. The van der Waals surface area contributed by atoms with E-state index in [0.717, 1.165) is 29.6 Å². The van der Waals surface area contributed by atoms with Crippen LogP contribution in [-0.4, -0.2) is 27.4 Å². The van der Waals surface area contributed by atoms with Gasteiger partial charge in [0, 0.05) is 26.0 Å². The predicted molar refractivity (Wildman–Crippen MR) is 126 cm³/mol. The summed E-state index contributed by atoms with van der Waals surface area (Å²) in [6.45, 7) is 4.24. The van der Waals surface area contributed by atoms with Crippen molar-refractivity contribution in [1.29, 1.82) is 0 Å². The van der Waals surface area contributed by atoms with Gasteiger partial charge in [-0.15, -0.1) is 35.9 Å². The van der Waals surface area contributed by atoms with Gasteiger partial charge in [-0.05, 0) is 60.6 Å². The molecule has 0 bridgehead atoms. The maximum atomic E-state index is 10.3. The maximum absolute atomic E-state index is 10.3. The monoisotopic (exact) mass is 609 g/mol. The smallest absolute Gasteiger partial charge is 0.0621 e. The summed E-state index contributed by atoms with van der Waals surface area (Å²) >= 11 is 0. The third-order valence-corrected chi connectivity index (χ3v) is 7.31. The average Bonchev–Trinajstić information content (AvgIpc) is 2.95. The second kappa shape index (κ2) is 11.5. The fourth-order valence-corrected chi connectivity index (χ4v) is 5.34. The minimum Gasteiger partial charge on any atom is -0.392 e.